The first-order valence-corrected chi connectivity index (χ1v) is 8.76. The van der Waals surface area contributed by atoms with Crippen LogP contribution >= 0.6 is 0 Å². The number of benzene rings is 2. The lowest BCUT2D eigenvalue weighted by atomic mass is 10.2. The predicted molar refractivity (Wildman–Crippen MR) is 103 cm³/mol. The Labute approximate surface area is 178 Å². The summed E-state index contributed by atoms with van der Waals surface area (Å²) in [7, 11) is 1.23. The van der Waals surface area contributed by atoms with Gasteiger partial charge in [0.1, 0.15) is 11.4 Å². The number of halogens is 4. The minimum atomic E-state index is -4.88. The summed E-state index contributed by atoms with van der Waals surface area (Å²) in [6.07, 6.45) is -4.88. The molecule has 1 aromatic heterocycles. The molecule has 0 spiro atoms. The van der Waals surface area contributed by atoms with Crippen LogP contribution in [0, 0.1) is 5.82 Å². The highest BCUT2D eigenvalue weighted by molar-refractivity contribution is 6.06. The van der Waals surface area contributed by atoms with Gasteiger partial charge in [-0.3, -0.25) is 9.59 Å². The number of anilines is 1. The van der Waals surface area contributed by atoms with Gasteiger partial charge in [0.25, 0.3) is 11.8 Å². The fourth-order valence-corrected chi connectivity index (χ4v) is 2.50. The Morgan fingerprint density at radius 1 is 1.00 bits per heavy atom. The molecule has 32 heavy (non-hydrogen) atoms. The maximum Gasteiger partial charge on any atom is 0.435 e. The molecule has 2 aromatic carbocycles. The highest BCUT2D eigenvalue weighted by atomic mass is 19.4. The Bertz CT molecular complexity index is 1170. The van der Waals surface area contributed by atoms with E-state index in [1.807, 2.05) is 0 Å². The van der Waals surface area contributed by atoms with Gasteiger partial charge in [-0.15, -0.1) is 10.2 Å². The van der Waals surface area contributed by atoms with E-state index in [-0.39, 0.29) is 22.7 Å². The molecule has 0 saturated heterocycles. The number of hydrogen-bond acceptors (Lipinski definition) is 6. The van der Waals surface area contributed by atoms with Crippen molar-refractivity contribution in [3.8, 4) is 17.4 Å². The zero-order valence-corrected chi connectivity index (χ0v) is 16.2. The quantitative estimate of drug-likeness (QED) is 0.552. The summed E-state index contributed by atoms with van der Waals surface area (Å²) in [4.78, 5) is 23.9. The molecule has 0 atom stereocenters. The molecule has 3 N–H and O–H groups in total. The van der Waals surface area contributed by atoms with Crippen molar-refractivity contribution in [1.82, 2.24) is 10.2 Å². The van der Waals surface area contributed by atoms with E-state index in [9.17, 15) is 27.2 Å². The van der Waals surface area contributed by atoms with Crippen LogP contribution in [0.2, 0.25) is 0 Å². The van der Waals surface area contributed by atoms with Crippen LogP contribution in [0.1, 0.15) is 26.4 Å². The molecule has 0 aliphatic carbocycles. The van der Waals surface area contributed by atoms with Gasteiger partial charge in [0.05, 0.1) is 7.11 Å². The Morgan fingerprint density at radius 3 is 2.28 bits per heavy atom. The SMILES string of the molecule is COc1cc(F)ccc1Oc1nnc(C(F)(F)F)cc1C(=O)Nc1ccc(C(N)=O)cc1. The Kier molecular flexibility index (Phi) is 6.23. The molecule has 0 bridgehead atoms. The Balaban J connectivity index is 1.98. The van der Waals surface area contributed by atoms with Crippen LogP contribution in [-0.4, -0.2) is 29.1 Å². The van der Waals surface area contributed by atoms with Gasteiger partial charge in [-0.05, 0) is 42.5 Å². The summed E-state index contributed by atoms with van der Waals surface area (Å²) in [6.45, 7) is 0. The summed E-state index contributed by atoms with van der Waals surface area (Å²) < 4.78 is 63.1. The Hall–Kier alpha value is -4.22. The zero-order chi connectivity index (χ0) is 23.5. The van der Waals surface area contributed by atoms with Crippen LogP contribution in [0.25, 0.3) is 0 Å². The van der Waals surface area contributed by atoms with Crippen LogP contribution in [0.15, 0.2) is 48.5 Å². The second-order valence-corrected chi connectivity index (χ2v) is 6.24. The summed E-state index contributed by atoms with van der Waals surface area (Å²) in [6, 6.07) is 8.93. The third-order valence-electron chi connectivity index (χ3n) is 4.05. The molecular weight excluding hydrogens is 436 g/mol. The minimum Gasteiger partial charge on any atom is -0.493 e. The van der Waals surface area contributed by atoms with Gasteiger partial charge in [0, 0.05) is 17.3 Å². The number of amides is 2. The molecule has 166 valence electrons. The summed E-state index contributed by atoms with van der Waals surface area (Å²) in [5.74, 6) is -3.12. The number of nitrogens with one attached hydrogen (secondary N) is 1. The van der Waals surface area contributed by atoms with Crippen LogP contribution in [0.5, 0.6) is 17.4 Å². The number of hydrogen-bond donors (Lipinski definition) is 2. The first-order valence-electron chi connectivity index (χ1n) is 8.76. The molecule has 3 rings (SSSR count). The fraction of sp³-hybridized carbons (Fsp3) is 0.100. The fourth-order valence-electron chi connectivity index (χ4n) is 2.50. The second kappa shape index (κ2) is 8.88. The van der Waals surface area contributed by atoms with Crippen LogP contribution in [0.4, 0.5) is 23.2 Å². The Morgan fingerprint density at radius 2 is 1.69 bits per heavy atom. The maximum absolute atomic E-state index is 13.4. The molecule has 0 saturated carbocycles. The van der Waals surface area contributed by atoms with E-state index in [1.165, 1.54) is 31.4 Å². The number of methoxy groups -OCH3 is 1. The smallest absolute Gasteiger partial charge is 0.435 e. The minimum absolute atomic E-state index is 0.0832. The number of ether oxygens (including phenoxy) is 2. The standard InChI is InChI=1S/C20H14F4N4O4/c1-31-15-8-11(21)4-7-14(15)32-19-13(9-16(27-28-19)20(22,23)24)18(30)26-12-5-2-10(3-6-12)17(25)29/h2-9H,1H3,(H2,25,29)(H,26,30). The van der Waals surface area contributed by atoms with Crippen molar-refractivity contribution in [3.05, 3.63) is 71.2 Å². The van der Waals surface area contributed by atoms with Crippen molar-refractivity contribution < 1.29 is 36.6 Å². The van der Waals surface area contributed by atoms with Crippen LogP contribution < -0.4 is 20.5 Å². The van der Waals surface area contributed by atoms with E-state index < -0.39 is 40.9 Å². The number of primary amides is 1. The molecule has 0 radical (unpaired) electrons. The zero-order valence-electron chi connectivity index (χ0n) is 16.2. The van der Waals surface area contributed by atoms with Crippen molar-refractivity contribution >= 4 is 17.5 Å². The van der Waals surface area contributed by atoms with Crippen molar-refractivity contribution in [3.63, 3.8) is 0 Å². The topological polar surface area (TPSA) is 116 Å². The highest BCUT2D eigenvalue weighted by Crippen LogP contribution is 2.35. The number of nitrogens with zero attached hydrogens (tertiary/aromatic N) is 2. The van der Waals surface area contributed by atoms with E-state index in [4.69, 9.17) is 15.2 Å². The number of aromatic nitrogens is 2. The average Bonchev–Trinajstić information content (AvgIpc) is 2.74. The lowest BCUT2D eigenvalue weighted by Gasteiger charge is -2.14. The van der Waals surface area contributed by atoms with Gasteiger partial charge in [-0.1, -0.05) is 0 Å². The molecule has 12 heteroatoms. The van der Waals surface area contributed by atoms with Gasteiger partial charge in [0.15, 0.2) is 17.2 Å². The van der Waals surface area contributed by atoms with Crippen molar-refractivity contribution in [2.24, 2.45) is 5.73 Å². The molecule has 0 fully saturated rings. The summed E-state index contributed by atoms with van der Waals surface area (Å²) >= 11 is 0. The molecule has 0 aliphatic rings. The van der Waals surface area contributed by atoms with Gasteiger partial charge < -0.3 is 20.5 Å². The third kappa shape index (κ3) is 5.09. The number of carbonyl (C=O) groups excluding carboxylic acids is 2. The second-order valence-electron chi connectivity index (χ2n) is 6.24. The van der Waals surface area contributed by atoms with Crippen LogP contribution in [0.3, 0.4) is 0 Å². The van der Waals surface area contributed by atoms with Crippen molar-refractivity contribution in [1.29, 1.82) is 0 Å². The van der Waals surface area contributed by atoms with E-state index in [2.05, 4.69) is 15.5 Å². The summed E-state index contributed by atoms with van der Waals surface area (Å²) in [5.41, 5.74) is 3.45. The predicted octanol–water partition coefficient (Wildman–Crippen LogP) is 3.79. The molecule has 8 nitrogen and oxygen atoms in total. The molecule has 3 aromatic rings. The van der Waals surface area contributed by atoms with Gasteiger partial charge >= 0.3 is 6.18 Å². The maximum atomic E-state index is 13.4. The largest absolute Gasteiger partial charge is 0.493 e. The number of nitrogens with two attached hydrogens (primary N) is 1. The lowest BCUT2D eigenvalue weighted by Crippen LogP contribution is -2.18. The first kappa shape index (κ1) is 22.5. The van der Waals surface area contributed by atoms with Crippen LogP contribution in [-0.2, 0) is 6.18 Å². The molecule has 2 amide bonds. The number of alkyl halides is 3. The average molecular weight is 450 g/mol. The van der Waals surface area contributed by atoms with Gasteiger partial charge in [0.2, 0.25) is 5.91 Å². The lowest BCUT2D eigenvalue weighted by molar-refractivity contribution is -0.141. The number of rotatable bonds is 6. The first-order chi connectivity index (χ1) is 15.1. The van der Waals surface area contributed by atoms with E-state index in [0.717, 1.165) is 18.2 Å². The molecule has 0 unspecified atom stereocenters. The summed E-state index contributed by atoms with van der Waals surface area (Å²) in [5, 5.41) is 8.80. The van der Waals surface area contributed by atoms with Crippen molar-refractivity contribution in [2.75, 3.05) is 12.4 Å². The van der Waals surface area contributed by atoms with E-state index in [1.54, 1.807) is 0 Å². The highest BCUT2D eigenvalue weighted by Gasteiger charge is 2.35. The molecule has 1 heterocycles. The normalized spacial score (nSPS) is 11.0. The van der Waals surface area contributed by atoms with E-state index in [0.29, 0.717) is 6.07 Å². The number of carbonyl (C=O) groups is 2. The van der Waals surface area contributed by atoms with Gasteiger partial charge in [-0.25, -0.2) is 4.39 Å². The molecular formula is C20H14F4N4O4. The van der Waals surface area contributed by atoms with E-state index >= 15 is 0 Å². The monoisotopic (exact) mass is 450 g/mol. The third-order valence-corrected chi connectivity index (χ3v) is 4.05. The van der Waals surface area contributed by atoms with Crippen molar-refractivity contribution in [2.45, 2.75) is 6.18 Å². The molecule has 0 aliphatic heterocycles. The van der Waals surface area contributed by atoms with Gasteiger partial charge in [-0.2, -0.15) is 13.2 Å².